The van der Waals surface area contributed by atoms with Gasteiger partial charge in [0.05, 0.1) is 0 Å². The van der Waals surface area contributed by atoms with E-state index >= 15 is 0 Å². The third kappa shape index (κ3) is 3.13. The van der Waals surface area contributed by atoms with Gasteiger partial charge in [-0.25, -0.2) is 0 Å². The third-order valence-corrected chi connectivity index (χ3v) is 2.07. The standard InChI is InChI=1S/C12H19NO/c1-11(2,3)9-12(13,14)10-7-5-4-6-8-10/h4-8,14H,9,13H2,1-3H3. The maximum Gasteiger partial charge on any atom is 0.140 e. The van der Waals surface area contributed by atoms with E-state index in [9.17, 15) is 5.11 Å². The average Bonchev–Trinajstić information content (AvgIpc) is 2.01. The van der Waals surface area contributed by atoms with Crippen LogP contribution in [0.4, 0.5) is 0 Å². The molecule has 0 amide bonds. The van der Waals surface area contributed by atoms with Crippen LogP contribution >= 0.6 is 0 Å². The molecule has 0 aromatic heterocycles. The Labute approximate surface area is 85.8 Å². The lowest BCUT2D eigenvalue weighted by Gasteiger charge is -2.31. The van der Waals surface area contributed by atoms with Crippen LogP contribution in [0.15, 0.2) is 30.3 Å². The van der Waals surface area contributed by atoms with E-state index in [4.69, 9.17) is 5.73 Å². The molecule has 0 aliphatic heterocycles. The quantitative estimate of drug-likeness (QED) is 0.707. The largest absolute Gasteiger partial charge is 0.372 e. The molecular weight excluding hydrogens is 174 g/mol. The third-order valence-electron chi connectivity index (χ3n) is 2.07. The number of hydrogen-bond donors (Lipinski definition) is 2. The second-order valence-corrected chi connectivity index (χ2v) is 5.03. The predicted molar refractivity (Wildman–Crippen MR) is 58.6 cm³/mol. The Morgan fingerprint density at radius 1 is 1.14 bits per heavy atom. The zero-order valence-corrected chi connectivity index (χ0v) is 9.12. The summed E-state index contributed by atoms with van der Waals surface area (Å²) in [4.78, 5) is 0. The monoisotopic (exact) mass is 193 g/mol. The van der Waals surface area contributed by atoms with Gasteiger partial charge in [0.2, 0.25) is 0 Å². The molecule has 0 spiro atoms. The molecule has 1 aromatic carbocycles. The smallest absolute Gasteiger partial charge is 0.140 e. The van der Waals surface area contributed by atoms with E-state index < -0.39 is 5.72 Å². The molecule has 0 aliphatic rings. The highest BCUT2D eigenvalue weighted by atomic mass is 16.3. The molecule has 2 heteroatoms. The minimum atomic E-state index is -1.22. The Morgan fingerprint density at radius 2 is 1.64 bits per heavy atom. The lowest BCUT2D eigenvalue weighted by atomic mass is 9.83. The van der Waals surface area contributed by atoms with Gasteiger partial charge in [-0.3, -0.25) is 5.73 Å². The summed E-state index contributed by atoms with van der Waals surface area (Å²) in [7, 11) is 0. The second-order valence-electron chi connectivity index (χ2n) is 5.03. The molecule has 78 valence electrons. The lowest BCUT2D eigenvalue weighted by molar-refractivity contribution is 0.00291. The molecule has 0 bridgehead atoms. The summed E-state index contributed by atoms with van der Waals surface area (Å²) >= 11 is 0. The van der Waals surface area contributed by atoms with Crippen LogP contribution in [-0.2, 0) is 5.72 Å². The molecule has 0 fully saturated rings. The van der Waals surface area contributed by atoms with Crippen molar-refractivity contribution in [2.24, 2.45) is 11.1 Å². The van der Waals surface area contributed by atoms with Crippen LogP contribution in [0.5, 0.6) is 0 Å². The summed E-state index contributed by atoms with van der Waals surface area (Å²) in [6, 6.07) is 9.39. The highest BCUT2D eigenvalue weighted by Gasteiger charge is 2.29. The number of hydrogen-bond acceptors (Lipinski definition) is 2. The molecule has 3 N–H and O–H groups in total. The zero-order chi connectivity index (χ0) is 10.8. The fourth-order valence-corrected chi connectivity index (χ4v) is 1.64. The normalized spacial score (nSPS) is 16.4. The first-order valence-electron chi connectivity index (χ1n) is 4.88. The summed E-state index contributed by atoms with van der Waals surface area (Å²) in [6.07, 6.45) is 0.546. The maximum absolute atomic E-state index is 10.1. The minimum absolute atomic E-state index is 0.0132. The fraction of sp³-hybridized carbons (Fsp3) is 0.500. The summed E-state index contributed by atoms with van der Waals surface area (Å²) in [5, 5.41) is 10.1. The molecular formula is C12H19NO. The van der Waals surface area contributed by atoms with Crippen molar-refractivity contribution in [1.29, 1.82) is 0 Å². The molecule has 2 nitrogen and oxygen atoms in total. The van der Waals surface area contributed by atoms with Crippen molar-refractivity contribution in [2.45, 2.75) is 32.9 Å². The van der Waals surface area contributed by atoms with Crippen LogP contribution in [0.1, 0.15) is 32.8 Å². The summed E-state index contributed by atoms with van der Waals surface area (Å²) in [5.74, 6) is 0. The van der Waals surface area contributed by atoms with Gasteiger partial charge in [-0.05, 0) is 17.4 Å². The van der Waals surface area contributed by atoms with E-state index in [-0.39, 0.29) is 5.41 Å². The molecule has 0 radical (unpaired) electrons. The zero-order valence-electron chi connectivity index (χ0n) is 9.12. The first-order chi connectivity index (χ1) is 6.31. The highest BCUT2D eigenvalue weighted by molar-refractivity contribution is 5.21. The molecule has 0 saturated carbocycles. The molecule has 1 aromatic rings. The number of nitrogens with two attached hydrogens (primary N) is 1. The summed E-state index contributed by atoms with van der Waals surface area (Å²) in [6.45, 7) is 6.19. The van der Waals surface area contributed by atoms with Crippen LogP contribution in [0.25, 0.3) is 0 Å². The van der Waals surface area contributed by atoms with Crippen LogP contribution in [0, 0.1) is 5.41 Å². The average molecular weight is 193 g/mol. The molecule has 14 heavy (non-hydrogen) atoms. The Kier molecular flexibility index (Phi) is 2.98. The SMILES string of the molecule is CC(C)(C)CC(N)(O)c1ccccc1. The highest BCUT2D eigenvalue weighted by Crippen LogP contribution is 2.30. The van der Waals surface area contributed by atoms with Gasteiger partial charge >= 0.3 is 0 Å². The number of benzene rings is 1. The molecule has 0 saturated heterocycles. The number of rotatable bonds is 2. The molecule has 1 unspecified atom stereocenters. The van der Waals surface area contributed by atoms with Crippen LogP contribution in [0.2, 0.25) is 0 Å². The Balaban J connectivity index is 2.86. The van der Waals surface area contributed by atoms with Crippen LogP contribution in [-0.4, -0.2) is 5.11 Å². The van der Waals surface area contributed by atoms with Crippen LogP contribution < -0.4 is 5.73 Å². The van der Waals surface area contributed by atoms with Crippen LogP contribution in [0.3, 0.4) is 0 Å². The Hall–Kier alpha value is -0.860. The van der Waals surface area contributed by atoms with Crippen molar-refractivity contribution >= 4 is 0 Å². The van der Waals surface area contributed by atoms with Crippen molar-refractivity contribution in [3.05, 3.63) is 35.9 Å². The van der Waals surface area contributed by atoms with Crippen molar-refractivity contribution in [1.82, 2.24) is 0 Å². The van der Waals surface area contributed by atoms with E-state index in [0.29, 0.717) is 6.42 Å². The van der Waals surface area contributed by atoms with Gasteiger partial charge in [0.1, 0.15) is 5.72 Å². The molecule has 0 heterocycles. The van der Waals surface area contributed by atoms with E-state index in [0.717, 1.165) is 5.56 Å². The fourth-order valence-electron chi connectivity index (χ4n) is 1.64. The summed E-state index contributed by atoms with van der Waals surface area (Å²) in [5.41, 5.74) is 5.44. The van der Waals surface area contributed by atoms with E-state index in [1.165, 1.54) is 0 Å². The first kappa shape index (κ1) is 11.2. The maximum atomic E-state index is 10.1. The Bertz CT molecular complexity index is 285. The second kappa shape index (κ2) is 3.71. The lowest BCUT2D eigenvalue weighted by Crippen LogP contribution is -2.39. The van der Waals surface area contributed by atoms with Gasteiger partial charge in [0.25, 0.3) is 0 Å². The van der Waals surface area contributed by atoms with Crippen molar-refractivity contribution < 1.29 is 5.11 Å². The summed E-state index contributed by atoms with van der Waals surface area (Å²) < 4.78 is 0. The van der Waals surface area contributed by atoms with Gasteiger partial charge in [-0.2, -0.15) is 0 Å². The van der Waals surface area contributed by atoms with E-state index in [2.05, 4.69) is 20.8 Å². The number of aliphatic hydroxyl groups is 1. The molecule has 0 aliphatic carbocycles. The van der Waals surface area contributed by atoms with Crippen molar-refractivity contribution in [3.8, 4) is 0 Å². The first-order valence-corrected chi connectivity index (χ1v) is 4.88. The molecule has 1 atom stereocenters. The van der Waals surface area contributed by atoms with Gasteiger partial charge < -0.3 is 5.11 Å². The van der Waals surface area contributed by atoms with E-state index in [1.54, 1.807) is 0 Å². The Morgan fingerprint density at radius 3 is 2.07 bits per heavy atom. The predicted octanol–water partition coefficient (Wildman–Crippen LogP) is 2.23. The minimum Gasteiger partial charge on any atom is -0.372 e. The van der Waals surface area contributed by atoms with Crippen molar-refractivity contribution in [2.75, 3.05) is 0 Å². The van der Waals surface area contributed by atoms with Gasteiger partial charge in [0.15, 0.2) is 0 Å². The van der Waals surface area contributed by atoms with Gasteiger partial charge in [-0.1, -0.05) is 51.1 Å². The van der Waals surface area contributed by atoms with E-state index in [1.807, 2.05) is 30.3 Å². The molecule has 1 rings (SSSR count). The van der Waals surface area contributed by atoms with Gasteiger partial charge in [-0.15, -0.1) is 0 Å². The topological polar surface area (TPSA) is 46.2 Å². The van der Waals surface area contributed by atoms with Crippen molar-refractivity contribution in [3.63, 3.8) is 0 Å². The van der Waals surface area contributed by atoms with Gasteiger partial charge in [0, 0.05) is 0 Å².